The maximum atomic E-state index is 13.9. The first-order chi connectivity index (χ1) is 16.4. The van der Waals surface area contributed by atoms with Gasteiger partial charge in [0.05, 0.1) is 17.5 Å². The van der Waals surface area contributed by atoms with E-state index in [9.17, 15) is 4.79 Å². The summed E-state index contributed by atoms with van der Waals surface area (Å²) in [6.07, 6.45) is 8.98. The Morgan fingerprint density at radius 1 is 1.26 bits per heavy atom. The lowest BCUT2D eigenvalue weighted by Gasteiger charge is -2.40. The number of piperidine rings is 1. The molecule has 0 aliphatic carbocycles. The number of carbonyl (C=O) groups is 1. The highest BCUT2D eigenvalue weighted by Crippen LogP contribution is 2.31. The van der Waals surface area contributed by atoms with Gasteiger partial charge in [-0.2, -0.15) is 5.10 Å². The SMILES string of the molecule is Cc1cnc(-c2cnn(C)c2)c(C(=O)N2CCC[C@@H](C)[C@H]2CCc2nc3cc(Cl)ccc3o2)c1. The van der Waals surface area contributed by atoms with E-state index in [1.807, 2.05) is 43.3 Å². The Hall–Kier alpha value is -3.19. The number of hydrogen-bond acceptors (Lipinski definition) is 5. The number of aromatic nitrogens is 4. The molecule has 8 heteroatoms. The van der Waals surface area contributed by atoms with Crippen molar-refractivity contribution < 1.29 is 9.21 Å². The van der Waals surface area contributed by atoms with Crippen LogP contribution in [0.4, 0.5) is 0 Å². The molecule has 1 amide bonds. The molecule has 1 fully saturated rings. The molecular weight excluding hydrogens is 450 g/mol. The summed E-state index contributed by atoms with van der Waals surface area (Å²) in [6, 6.07) is 7.50. The normalized spacial score (nSPS) is 18.5. The summed E-state index contributed by atoms with van der Waals surface area (Å²) in [5.41, 5.74) is 4.61. The number of fused-ring (bicyclic) bond motifs is 1. The van der Waals surface area contributed by atoms with Gasteiger partial charge in [0.2, 0.25) is 0 Å². The monoisotopic (exact) mass is 477 g/mol. The Labute approximate surface area is 203 Å². The van der Waals surface area contributed by atoms with Crippen molar-refractivity contribution in [2.24, 2.45) is 13.0 Å². The second-order valence-corrected chi connectivity index (χ2v) is 9.69. The van der Waals surface area contributed by atoms with Crippen LogP contribution in [0.15, 0.2) is 47.3 Å². The Morgan fingerprint density at radius 2 is 2.12 bits per heavy atom. The molecule has 0 bridgehead atoms. The first kappa shape index (κ1) is 22.6. The van der Waals surface area contributed by atoms with E-state index < -0.39 is 0 Å². The zero-order valence-electron chi connectivity index (χ0n) is 19.7. The molecule has 1 saturated heterocycles. The fourth-order valence-electron chi connectivity index (χ4n) is 4.93. The quantitative estimate of drug-likeness (QED) is 0.381. The topological polar surface area (TPSA) is 77.1 Å². The van der Waals surface area contributed by atoms with Crippen molar-refractivity contribution in [3.05, 3.63) is 64.9 Å². The zero-order valence-corrected chi connectivity index (χ0v) is 20.4. The van der Waals surface area contributed by atoms with E-state index in [-0.39, 0.29) is 11.9 Å². The van der Waals surface area contributed by atoms with E-state index in [4.69, 9.17) is 16.0 Å². The molecular formula is C26H28ClN5O2. The molecule has 0 spiro atoms. The van der Waals surface area contributed by atoms with Crippen molar-refractivity contribution in [1.82, 2.24) is 24.6 Å². The maximum absolute atomic E-state index is 13.9. The van der Waals surface area contributed by atoms with Gasteiger partial charge < -0.3 is 9.32 Å². The molecule has 0 saturated carbocycles. The Bertz CT molecular complexity index is 1340. The zero-order chi connectivity index (χ0) is 23.8. The van der Waals surface area contributed by atoms with Crippen LogP contribution >= 0.6 is 11.6 Å². The first-order valence-electron chi connectivity index (χ1n) is 11.7. The number of amides is 1. The summed E-state index contributed by atoms with van der Waals surface area (Å²) in [4.78, 5) is 25.2. The number of carbonyl (C=O) groups excluding carboxylic acids is 1. The lowest BCUT2D eigenvalue weighted by molar-refractivity contribution is 0.0496. The summed E-state index contributed by atoms with van der Waals surface area (Å²) in [5.74, 6) is 1.09. The van der Waals surface area contributed by atoms with Crippen LogP contribution in [-0.4, -0.2) is 43.1 Å². The van der Waals surface area contributed by atoms with Gasteiger partial charge in [0.25, 0.3) is 5.91 Å². The molecule has 4 aromatic rings. The second-order valence-electron chi connectivity index (χ2n) is 9.26. The highest BCUT2D eigenvalue weighted by Gasteiger charge is 2.34. The molecule has 0 N–H and O–H groups in total. The third-order valence-electron chi connectivity index (χ3n) is 6.66. The van der Waals surface area contributed by atoms with E-state index >= 15 is 0 Å². The molecule has 176 valence electrons. The molecule has 34 heavy (non-hydrogen) atoms. The summed E-state index contributed by atoms with van der Waals surface area (Å²) >= 11 is 6.09. The van der Waals surface area contributed by atoms with Gasteiger partial charge >= 0.3 is 0 Å². The smallest absolute Gasteiger partial charge is 0.256 e. The van der Waals surface area contributed by atoms with Crippen LogP contribution in [-0.2, 0) is 13.5 Å². The molecule has 4 heterocycles. The van der Waals surface area contributed by atoms with Crippen LogP contribution in [0, 0.1) is 12.8 Å². The summed E-state index contributed by atoms with van der Waals surface area (Å²) in [5, 5.41) is 4.91. The second kappa shape index (κ2) is 9.22. The lowest BCUT2D eigenvalue weighted by Crippen LogP contribution is -2.48. The van der Waals surface area contributed by atoms with Crippen LogP contribution in [0.25, 0.3) is 22.4 Å². The van der Waals surface area contributed by atoms with Crippen molar-refractivity contribution in [3.63, 3.8) is 0 Å². The van der Waals surface area contributed by atoms with E-state index in [2.05, 4.69) is 22.0 Å². The van der Waals surface area contributed by atoms with Crippen LogP contribution in [0.5, 0.6) is 0 Å². The van der Waals surface area contributed by atoms with Gasteiger partial charge in [-0.25, -0.2) is 4.98 Å². The van der Waals surface area contributed by atoms with Gasteiger partial charge in [0.15, 0.2) is 11.5 Å². The van der Waals surface area contributed by atoms with E-state index in [1.165, 1.54) is 0 Å². The van der Waals surface area contributed by atoms with Crippen molar-refractivity contribution in [3.8, 4) is 11.3 Å². The standard InChI is InChI=1S/C26H28ClN5O2/c1-16-11-20(25(28-13-16)18-14-29-31(3)15-18)26(33)32-10-4-5-17(2)22(32)7-9-24-30-21-12-19(27)6-8-23(21)34-24/h6,8,11-15,17,22H,4-5,7,9-10H2,1-3H3/t17-,22-/m1/s1. The average Bonchev–Trinajstić information content (AvgIpc) is 3.43. The molecule has 3 aromatic heterocycles. The molecule has 0 radical (unpaired) electrons. The number of pyridine rings is 1. The fourth-order valence-corrected chi connectivity index (χ4v) is 5.09. The molecule has 1 aliphatic heterocycles. The van der Waals surface area contributed by atoms with Gasteiger partial charge in [0.1, 0.15) is 5.52 Å². The third-order valence-corrected chi connectivity index (χ3v) is 6.89. The number of likely N-dealkylation sites (tertiary alicyclic amines) is 1. The first-order valence-corrected chi connectivity index (χ1v) is 12.1. The van der Waals surface area contributed by atoms with Crippen LogP contribution in [0.1, 0.15) is 48.0 Å². The number of benzene rings is 1. The molecule has 7 nitrogen and oxygen atoms in total. The third kappa shape index (κ3) is 4.44. The van der Waals surface area contributed by atoms with Crippen molar-refractivity contribution in [1.29, 1.82) is 0 Å². The average molecular weight is 478 g/mol. The van der Waals surface area contributed by atoms with Gasteiger partial charge in [-0.1, -0.05) is 18.5 Å². The lowest BCUT2D eigenvalue weighted by atomic mass is 9.87. The van der Waals surface area contributed by atoms with Crippen molar-refractivity contribution in [2.45, 2.75) is 45.6 Å². The maximum Gasteiger partial charge on any atom is 0.256 e. The number of aryl methyl sites for hydroxylation is 3. The minimum atomic E-state index is 0.0240. The Kier molecular flexibility index (Phi) is 6.13. The van der Waals surface area contributed by atoms with Crippen molar-refractivity contribution in [2.75, 3.05) is 6.54 Å². The summed E-state index contributed by atoms with van der Waals surface area (Å²) < 4.78 is 7.66. The van der Waals surface area contributed by atoms with Gasteiger partial charge in [-0.05, 0) is 61.9 Å². The van der Waals surface area contributed by atoms with Crippen molar-refractivity contribution >= 4 is 28.6 Å². The number of hydrogen-bond donors (Lipinski definition) is 0. The molecule has 5 rings (SSSR count). The van der Waals surface area contributed by atoms with Gasteiger partial charge in [-0.3, -0.25) is 14.5 Å². The Morgan fingerprint density at radius 3 is 2.91 bits per heavy atom. The molecule has 1 aliphatic rings. The fraction of sp³-hybridized carbons (Fsp3) is 0.385. The van der Waals surface area contributed by atoms with Crippen LogP contribution in [0.2, 0.25) is 5.02 Å². The molecule has 0 unspecified atom stereocenters. The van der Waals surface area contributed by atoms with Crippen LogP contribution < -0.4 is 0 Å². The minimum Gasteiger partial charge on any atom is -0.441 e. The number of oxazole rings is 1. The van der Waals surface area contributed by atoms with E-state index in [1.54, 1.807) is 23.1 Å². The Balaban J connectivity index is 1.41. The van der Waals surface area contributed by atoms with Crippen LogP contribution in [0.3, 0.4) is 0 Å². The minimum absolute atomic E-state index is 0.0240. The predicted molar refractivity (Wildman–Crippen MR) is 132 cm³/mol. The number of nitrogens with zero attached hydrogens (tertiary/aromatic N) is 5. The highest BCUT2D eigenvalue weighted by atomic mass is 35.5. The highest BCUT2D eigenvalue weighted by molar-refractivity contribution is 6.31. The summed E-state index contributed by atoms with van der Waals surface area (Å²) in [7, 11) is 1.86. The molecule has 1 aromatic carbocycles. The summed E-state index contributed by atoms with van der Waals surface area (Å²) in [6.45, 7) is 4.93. The van der Waals surface area contributed by atoms with E-state index in [0.717, 1.165) is 48.0 Å². The van der Waals surface area contributed by atoms with Gasteiger partial charge in [0, 0.05) is 49.0 Å². The molecule has 2 atom stereocenters. The number of rotatable bonds is 5. The van der Waals surface area contributed by atoms with Gasteiger partial charge in [-0.15, -0.1) is 0 Å². The predicted octanol–water partition coefficient (Wildman–Crippen LogP) is 5.46. The largest absolute Gasteiger partial charge is 0.441 e. The van der Waals surface area contributed by atoms with E-state index in [0.29, 0.717) is 34.5 Å². The number of halogens is 1.